The maximum Gasteiger partial charge on any atom is 0.325 e. The number of hydrogen-bond acceptors (Lipinski definition) is 5. The Hall–Kier alpha value is -2.74. The second-order valence-corrected chi connectivity index (χ2v) is 7.58. The maximum atomic E-state index is 12.1. The summed E-state index contributed by atoms with van der Waals surface area (Å²) in [5.74, 6) is -0.257. The number of anilines is 1. The summed E-state index contributed by atoms with van der Waals surface area (Å²) in [5.41, 5.74) is 2.38. The normalized spacial score (nSPS) is 19.2. The van der Waals surface area contributed by atoms with Crippen LogP contribution < -0.4 is 10.6 Å². The Morgan fingerprint density at radius 2 is 2.12 bits per heavy atom. The van der Waals surface area contributed by atoms with E-state index < -0.39 is 6.03 Å². The van der Waals surface area contributed by atoms with E-state index in [1.165, 1.54) is 26.7 Å². The van der Waals surface area contributed by atoms with Gasteiger partial charge in [-0.1, -0.05) is 30.3 Å². The van der Waals surface area contributed by atoms with Crippen LogP contribution in [0.3, 0.4) is 0 Å². The number of carbonyl (C=O) groups excluding carboxylic acids is 3. The Balaban J connectivity index is 1.39. The third-order valence-corrected chi connectivity index (χ3v) is 5.69. The summed E-state index contributed by atoms with van der Waals surface area (Å²) in [6.45, 7) is -0.242. The van der Waals surface area contributed by atoms with Crippen molar-refractivity contribution in [1.29, 1.82) is 0 Å². The monoisotopic (exact) mass is 370 g/mol. The van der Waals surface area contributed by atoms with E-state index in [9.17, 15) is 14.4 Å². The summed E-state index contributed by atoms with van der Waals surface area (Å²) < 4.78 is 0. The lowest BCUT2D eigenvalue weighted by Gasteiger charge is -2.21. The molecule has 0 spiro atoms. The van der Waals surface area contributed by atoms with Gasteiger partial charge in [0.05, 0.1) is 5.69 Å². The molecule has 2 aliphatic rings. The summed E-state index contributed by atoms with van der Waals surface area (Å²) in [6, 6.07) is 9.91. The molecular formula is C18H18N4O3S. The van der Waals surface area contributed by atoms with Crippen molar-refractivity contribution in [1.82, 2.24) is 15.2 Å². The number of imide groups is 1. The molecule has 1 aliphatic heterocycles. The van der Waals surface area contributed by atoms with Crippen molar-refractivity contribution in [2.45, 2.75) is 25.2 Å². The molecule has 7 nitrogen and oxygen atoms in total. The lowest BCUT2D eigenvalue weighted by atomic mass is 9.85. The van der Waals surface area contributed by atoms with Crippen LogP contribution in [0.1, 0.15) is 28.5 Å². The zero-order valence-corrected chi connectivity index (χ0v) is 14.8. The highest BCUT2D eigenvalue weighted by Crippen LogP contribution is 2.36. The van der Waals surface area contributed by atoms with Crippen molar-refractivity contribution in [2.75, 3.05) is 18.4 Å². The number of aryl methyl sites for hydroxylation is 1. The first-order valence-electron chi connectivity index (χ1n) is 8.50. The van der Waals surface area contributed by atoms with Gasteiger partial charge in [0.15, 0.2) is 5.13 Å². The molecule has 2 aromatic rings. The number of carbonyl (C=O) groups is 3. The van der Waals surface area contributed by atoms with Gasteiger partial charge in [-0.15, -0.1) is 11.3 Å². The van der Waals surface area contributed by atoms with Gasteiger partial charge < -0.3 is 10.2 Å². The second kappa shape index (κ2) is 6.87. The molecule has 1 fully saturated rings. The Labute approximate surface area is 154 Å². The van der Waals surface area contributed by atoms with Crippen molar-refractivity contribution in [2.24, 2.45) is 0 Å². The van der Waals surface area contributed by atoms with E-state index in [0.29, 0.717) is 11.0 Å². The SMILES string of the molecule is O=C1CN(CC(=O)Nc2nc3c(s2)CC(c2ccccc2)CC3)C(=O)N1. The van der Waals surface area contributed by atoms with Crippen LogP contribution in [0.2, 0.25) is 0 Å². The Kier molecular flexibility index (Phi) is 4.42. The van der Waals surface area contributed by atoms with E-state index in [-0.39, 0.29) is 24.9 Å². The standard InChI is InChI=1S/C18H18N4O3S/c23-15(9-22-10-16(24)21-18(22)25)20-17-19-13-7-6-12(8-14(13)26-17)11-4-2-1-3-5-11/h1-5,12H,6-10H2,(H,19,20,23)(H,21,24,25). The number of rotatable bonds is 4. The molecule has 1 aromatic carbocycles. The van der Waals surface area contributed by atoms with Crippen LogP contribution in [-0.2, 0) is 22.4 Å². The summed E-state index contributed by atoms with van der Waals surface area (Å²) in [7, 11) is 0. The number of nitrogens with one attached hydrogen (secondary N) is 2. The van der Waals surface area contributed by atoms with E-state index in [2.05, 4.69) is 39.9 Å². The van der Waals surface area contributed by atoms with E-state index in [1.54, 1.807) is 0 Å². The van der Waals surface area contributed by atoms with Crippen molar-refractivity contribution >= 4 is 34.3 Å². The third-order valence-electron chi connectivity index (χ3n) is 4.66. The first-order chi connectivity index (χ1) is 12.6. The molecule has 2 heterocycles. The molecule has 1 aromatic heterocycles. The molecule has 0 radical (unpaired) electrons. The molecule has 26 heavy (non-hydrogen) atoms. The van der Waals surface area contributed by atoms with Gasteiger partial charge in [0.25, 0.3) is 0 Å². The molecule has 1 unspecified atom stereocenters. The van der Waals surface area contributed by atoms with Crippen LogP contribution >= 0.6 is 11.3 Å². The molecule has 4 rings (SSSR count). The topological polar surface area (TPSA) is 91.4 Å². The van der Waals surface area contributed by atoms with E-state index in [0.717, 1.165) is 25.0 Å². The van der Waals surface area contributed by atoms with Crippen molar-refractivity contribution in [3.8, 4) is 0 Å². The van der Waals surface area contributed by atoms with E-state index in [1.807, 2.05) is 6.07 Å². The number of nitrogens with zero attached hydrogens (tertiary/aromatic N) is 2. The molecule has 1 saturated heterocycles. The molecule has 134 valence electrons. The van der Waals surface area contributed by atoms with Crippen LogP contribution in [0.25, 0.3) is 0 Å². The van der Waals surface area contributed by atoms with Crippen LogP contribution in [0, 0.1) is 0 Å². The lowest BCUT2D eigenvalue weighted by Crippen LogP contribution is -2.35. The highest BCUT2D eigenvalue weighted by atomic mass is 32.1. The number of fused-ring (bicyclic) bond motifs is 1. The molecule has 1 atom stereocenters. The number of thiazole rings is 1. The first kappa shape index (κ1) is 16.7. The fourth-order valence-electron chi connectivity index (χ4n) is 3.38. The fraction of sp³-hybridized carbons (Fsp3) is 0.333. The minimum absolute atomic E-state index is 0.0840. The number of benzene rings is 1. The Bertz CT molecular complexity index is 865. The molecule has 0 saturated carbocycles. The highest BCUT2D eigenvalue weighted by molar-refractivity contribution is 7.15. The van der Waals surface area contributed by atoms with Crippen LogP contribution in [0.5, 0.6) is 0 Å². The molecule has 8 heteroatoms. The van der Waals surface area contributed by atoms with E-state index >= 15 is 0 Å². The third kappa shape index (κ3) is 3.45. The minimum Gasteiger partial charge on any atom is -0.306 e. The quantitative estimate of drug-likeness (QED) is 0.804. The molecule has 2 N–H and O–H groups in total. The largest absolute Gasteiger partial charge is 0.325 e. The number of amides is 4. The minimum atomic E-state index is -0.533. The molecular weight excluding hydrogens is 352 g/mol. The number of hydrogen-bond donors (Lipinski definition) is 2. The van der Waals surface area contributed by atoms with Crippen molar-refractivity contribution in [3.63, 3.8) is 0 Å². The molecule has 4 amide bonds. The smallest absolute Gasteiger partial charge is 0.306 e. The average molecular weight is 370 g/mol. The van der Waals surface area contributed by atoms with Crippen LogP contribution in [-0.4, -0.2) is 40.8 Å². The van der Waals surface area contributed by atoms with Gasteiger partial charge in [0.2, 0.25) is 11.8 Å². The van der Waals surface area contributed by atoms with Gasteiger partial charge in [0, 0.05) is 4.88 Å². The predicted octanol–water partition coefficient (Wildman–Crippen LogP) is 1.91. The zero-order valence-electron chi connectivity index (χ0n) is 14.0. The Morgan fingerprint density at radius 1 is 1.31 bits per heavy atom. The van der Waals surface area contributed by atoms with Gasteiger partial charge in [-0.2, -0.15) is 0 Å². The van der Waals surface area contributed by atoms with Gasteiger partial charge >= 0.3 is 6.03 Å². The Morgan fingerprint density at radius 3 is 2.85 bits per heavy atom. The van der Waals surface area contributed by atoms with Crippen molar-refractivity contribution < 1.29 is 14.4 Å². The van der Waals surface area contributed by atoms with Crippen molar-refractivity contribution in [3.05, 3.63) is 46.5 Å². The maximum absolute atomic E-state index is 12.1. The van der Waals surface area contributed by atoms with Gasteiger partial charge in [0.1, 0.15) is 13.1 Å². The summed E-state index contributed by atoms with van der Waals surface area (Å²) in [6.07, 6.45) is 2.87. The van der Waals surface area contributed by atoms with Gasteiger partial charge in [-0.3, -0.25) is 14.9 Å². The predicted molar refractivity (Wildman–Crippen MR) is 97.1 cm³/mol. The average Bonchev–Trinajstić information content (AvgIpc) is 3.16. The zero-order chi connectivity index (χ0) is 18.1. The fourth-order valence-corrected chi connectivity index (χ4v) is 4.49. The number of aromatic nitrogens is 1. The second-order valence-electron chi connectivity index (χ2n) is 6.50. The van der Waals surface area contributed by atoms with Crippen LogP contribution in [0.4, 0.5) is 9.93 Å². The van der Waals surface area contributed by atoms with Gasteiger partial charge in [-0.05, 0) is 30.7 Å². The summed E-state index contributed by atoms with van der Waals surface area (Å²) in [5, 5.41) is 5.46. The van der Waals surface area contributed by atoms with Gasteiger partial charge in [-0.25, -0.2) is 9.78 Å². The summed E-state index contributed by atoms with van der Waals surface area (Å²) >= 11 is 1.49. The summed E-state index contributed by atoms with van der Waals surface area (Å²) in [4.78, 5) is 41.7. The molecule has 0 bridgehead atoms. The highest BCUT2D eigenvalue weighted by Gasteiger charge is 2.29. The first-order valence-corrected chi connectivity index (χ1v) is 9.32. The van der Waals surface area contributed by atoms with E-state index in [4.69, 9.17) is 0 Å². The van der Waals surface area contributed by atoms with Crippen LogP contribution in [0.15, 0.2) is 30.3 Å². The lowest BCUT2D eigenvalue weighted by molar-refractivity contribution is -0.119. The molecule has 1 aliphatic carbocycles. The number of urea groups is 1.